The summed E-state index contributed by atoms with van der Waals surface area (Å²) in [6.07, 6.45) is 0. The lowest BCUT2D eigenvalue weighted by molar-refractivity contribution is -0.140. The summed E-state index contributed by atoms with van der Waals surface area (Å²) >= 11 is 0. The molecule has 2 rings (SSSR count). The van der Waals surface area contributed by atoms with Gasteiger partial charge in [-0.25, -0.2) is 9.18 Å². The number of carbonyl (C=O) groups is 2. The third kappa shape index (κ3) is 3.65. The van der Waals surface area contributed by atoms with Gasteiger partial charge in [-0.2, -0.15) is 9.78 Å². The summed E-state index contributed by atoms with van der Waals surface area (Å²) in [4.78, 5) is 35.2. The molecule has 126 valence electrons. The van der Waals surface area contributed by atoms with Gasteiger partial charge < -0.3 is 10.4 Å². The average molecular weight is 333 g/mol. The van der Waals surface area contributed by atoms with Crippen LogP contribution in [-0.4, -0.2) is 32.8 Å². The molecule has 0 aliphatic rings. The second-order valence-electron chi connectivity index (χ2n) is 5.45. The van der Waals surface area contributed by atoms with Crippen molar-refractivity contribution in [2.24, 2.45) is 5.92 Å². The summed E-state index contributed by atoms with van der Waals surface area (Å²) in [5.74, 6) is -2.96. The van der Waals surface area contributed by atoms with Crippen LogP contribution in [0.15, 0.2) is 41.2 Å². The Balaban J connectivity index is 2.38. The van der Waals surface area contributed by atoms with Crippen LogP contribution in [0.5, 0.6) is 0 Å². The van der Waals surface area contributed by atoms with E-state index in [9.17, 15) is 18.8 Å². The van der Waals surface area contributed by atoms with Crippen LogP contribution in [0.2, 0.25) is 0 Å². The van der Waals surface area contributed by atoms with E-state index < -0.39 is 29.3 Å². The van der Waals surface area contributed by atoms with E-state index in [1.807, 2.05) is 0 Å². The number of nitrogens with zero attached hydrogens (tertiary/aromatic N) is 2. The van der Waals surface area contributed by atoms with Crippen LogP contribution in [-0.2, 0) is 4.79 Å². The number of hydrogen-bond donors (Lipinski definition) is 2. The molecule has 2 aromatic rings. The Bertz CT molecular complexity index is 832. The third-order valence-electron chi connectivity index (χ3n) is 3.33. The number of halogens is 1. The van der Waals surface area contributed by atoms with Gasteiger partial charge in [-0.05, 0) is 24.1 Å². The number of carbonyl (C=O) groups excluding carboxylic acids is 1. The first-order valence-electron chi connectivity index (χ1n) is 7.20. The van der Waals surface area contributed by atoms with Crippen LogP contribution in [0, 0.1) is 11.7 Å². The molecule has 0 bridgehead atoms. The molecule has 0 fully saturated rings. The average Bonchev–Trinajstić information content (AvgIpc) is 2.53. The first-order chi connectivity index (χ1) is 11.3. The van der Waals surface area contributed by atoms with Crippen LogP contribution in [0.4, 0.5) is 4.39 Å². The molecule has 0 saturated carbocycles. The van der Waals surface area contributed by atoms with Gasteiger partial charge in [-0.15, -0.1) is 0 Å². The molecule has 1 unspecified atom stereocenters. The lowest BCUT2D eigenvalue weighted by Crippen LogP contribution is -2.45. The van der Waals surface area contributed by atoms with E-state index in [0.717, 1.165) is 22.9 Å². The van der Waals surface area contributed by atoms with Gasteiger partial charge in [0.15, 0.2) is 0 Å². The van der Waals surface area contributed by atoms with E-state index in [2.05, 4.69) is 10.4 Å². The summed E-state index contributed by atoms with van der Waals surface area (Å²) < 4.78 is 14.6. The Morgan fingerprint density at radius 2 is 1.88 bits per heavy atom. The van der Waals surface area contributed by atoms with Gasteiger partial charge in [-0.3, -0.25) is 9.59 Å². The van der Waals surface area contributed by atoms with Crippen LogP contribution >= 0.6 is 0 Å². The minimum absolute atomic E-state index is 0.101. The fraction of sp³-hybridized carbons (Fsp3) is 0.250. The minimum Gasteiger partial charge on any atom is -0.480 e. The van der Waals surface area contributed by atoms with Gasteiger partial charge in [0.1, 0.15) is 23.2 Å². The molecule has 1 aromatic heterocycles. The molecular formula is C16H16FN3O4. The highest BCUT2D eigenvalue weighted by molar-refractivity contribution is 5.94. The van der Waals surface area contributed by atoms with Crippen LogP contribution in [0.1, 0.15) is 24.3 Å². The number of nitrogens with one attached hydrogen (secondary N) is 1. The topological polar surface area (TPSA) is 101 Å². The lowest BCUT2D eigenvalue weighted by atomic mass is 10.0. The molecule has 0 aliphatic carbocycles. The normalized spacial score (nSPS) is 12.0. The second kappa shape index (κ2) is 7.03. The Hall–Kier alpha value is -3.03. The van der Waals surface area contributed by atoms with Crippen LogP contribution in [0.25, 0.3) is 5.69 Å². The van der Waals surface area contributed by atoms with Crippen molar-refractivity contribution in [1.82, 2.24) is 15.1 Å². The first-order valence-corrected chi connectivity index (χ1v) is 7.20. The third-order valence-corrected chi connectivity index (χ3v) is 3.33. The van der Waals surface area contributed by atoms with Crippen LogP contribution in [0.3, 0.4) is 0 Å². The molecule has 1 heterocycles. The van der Waals surface area contributed by atoms with E-state index in [4.69, 9.17) is 5.11 Å². The molecule has 24 heavy (non-hydrogen) atoms. The highest BCUT2D eigenvalue weighted by atomic mass is 19.1. The fourth-order valence-corrected chi connectivity index (χ4v) is 2.06. The Morgan fingerprint density at radius 1 is 1.21 bits per heavy atom. The zero-order valence-electron chi connectivity index (χ0n) is 13.1. The maximum absolute atomic E-state index is 13.8. The molecule has 0 spiro atoms. The molecule has 1 amide bonds. The predicted octanol–water partition coefficient (Wildman–Crippen LogP) is 1.21. The Kier molecular flexibility index (Phi) is 5.08. The van der Waals surface area contributed by atoms with Gasteiger partial charge >= 0.3 is 5.97 Å². The summed E-state index contributed by atoms with van der Waals surface area (Å²) in [6.45, 7) is 3.29. The van der Waals surface area contributed by atoms with E-state index in [1.54, 1.807) is 13.8 Å². The smallest absolute Gasteiger partial charge is 0.326 e. The number of rotatable bonds is 5. The fourth-order valence-electron chi connectivity index (χ4n) is 2.06. The second-order valence-corrected chi connectivity index (χ2v) is 5.45. The summed E-state index contributed by atoms with van der Waals surface area (Å²) in [7, 11) is 0. The van der Waals surface area contributed by atoms with Gasteiger partial charge in [0.2, 0.25) is 0 Å². The Morgan fingerprint density at radius 3 is 2.46 bits per heavy atom. The molecule has 0 radical (unpaired) electrons. The molecule has 1 aromatic carbocycles. The monoisotopic (exact) mass is 333 g/mol. The van der Waals surface area contributed by atoms with Crippen molar-refractivity contribution in [2.75, 3.05) is 0 Å². The van der Waals surface area contributed by atoms with Crippen molar-refractivity contribution in [2.45, 2.75) is 19.9 Å². The lowest BCUT2D eigenvalue weighted by Gasteiger charge is -2.17. The van der Waals surface area contributed by atoms with E-state index in [-0.39, 0.29) is 17.3 Å². The molecule has 1 atom stereocenters. The molecule has 0 saturated heterocycles. The van der Waals surface area contributed by atoms with Crippen molar-refractivity contribution in [1.29, 1.82) is 0 Å². The van der Waals surface area contributed by atoms with Gasteiger partial charge in [-0.1, -0.05) is 26.0 Å². The van der Waals surface area contributed by atoms with Crippen molar-refractivity contribution >= 4 is 11.9 Å². The Labute approximate surface area is 136 Å². The zero-order valence-corrected chi connectivity index (χ0v) is 13.1. The van der Waals surface area contributed by atoms with Gasteiger partial charge in [0.25, 0.3) is 11.5 Å². The van der Waals surface area contributed by atoms with E-state index in [0.29, 0.717) is 0 Å². The number of aliphatic carboxylic acids is 1. The summed E-state index contributed by atoms with van der Waals surface area (Å²) in [5, 5.41) is 15.3. The van der Waals surface area contributed by atoms with Gasteiger partial charge in [0, 0.05) is 6.07 Å². The SMILES string of the molecule is CC(C)C(NC(=O)c1ccc(=O)n(-c2ccccc2F)n1)C(=O)O. The highest BCUT2D eigenvalue weighted by Gasteiger charge is 2.25. The number of hydrogen-bond acceptors (Lipinski definition) is 4. The van der Waals surface area contributed by atoms with E-state index in [1.165, 1.54) is 18.2 Å². The van der Waals surface area contributed by atoms with Crippen molar-refractivity contribution in [3.8, 4) is 5.69 Å². The van der Waals surface area contributed by atoms with Crippen molar-refractivity contribution in [3.05, 3.63) is 58.3 Å². The molecular weight excluding hydrogens is 317 g/mol. The van der Waals surface area contributed by atoms with Crippen molar-refractivity contribution in [3.63, 3.8) is 0 Å². The predicted molar refractivity (Wildman–Crippen MR) is 83.5 cm³/mol. The van der Waals surface area contributed by atoms with E-state index >= 15 is 0 Å². The number of aromatic nitrogens is 2. The zero-order chi connectivity index (χ0) is 17.9. The molecule has 8 heteroatoms. The standard InChI is InChI=1S/C16H16FN3O4/c1-9(2)14(16(23)24)18-15(22)11-7-8-13(21)20(19-11)12-6-4-3-5-10(12)17/h3-9,14H,1-2H3,(H,18,22)(H,23,24). The van der Waals surface area contributed by atoms with Crippen LogP contribution < -0.4 is 10.9 Å². The minimum atomic E-state index is -1.18. The molecule has 7 nitrogen and oxygen atoms in total. The number of para-hydroxylation sites is 1. The quantitative estimate of drug-likeness (QED) is 0.856. The number of carboxylic acids is 1. The van der Waals surface area contributed by atoms with Gasteiger partial charge in [0.05, 0.1) is 0 Å². The van der Waals surface area contributed by atoms with Crippen molar-refractivity contribution < 1.29 is 19.1 Å². The summed E-state index contributed by atoms with van der Waals surface area (Å²) in [5.41, 5.74) is -0.907. The maximum atomic E-state index is 13.8. The molecule has 0 aliphatic heterocycles. The highest BCUT2D eigenvalue weighted by Crippen LogP contribution is 2.10. The summed E-state index contributed by atoms with van der Waals surface area (Å²) in [6, 6.07) is 6.62. The number of carboxylic acid groups (broad SMARTS) is 1. The number of benzene rings is 1. The number of amides is 1. The first kappa shape index (κ1) is 17.3. The largest absolute Gasteiger partial charge is 0.480 e. The maximum Gasteiger partial charge on any atom is 0.326 e. The molecule has 2 N–H and O–H groups in total.